The molecule has 2 fully saturated rings. The molecule has 1 atom stereocenters. The van der Waals surface area contributed by atoms with Crippen molar-refractivity contribution in [3.05, 3.63) is 54.2 Å². The van der Waals surface area contributed by atoms with Gasteiger partial charge in [-0.1, -0.05) is 44.2 Å². The van der Waals surface area contributed by atoms with Crippen LogP contribution >= 0.6 is 0 Å². The molecule has 0 saturated carbocycles. The molecule has 46 heavy (non-hydrogen) atoms. The Morgan fingerprint density at radius 2 is 1.78 bits per heavy atom. The molecule has 2 aliphatic heterocycles. The molecule has 2 aliphatic rings. The van der Waals surface area contributed by atoms with Crippen LogP contribution in [-0.2, 0) is 28.3 Å². The number of aryl methyl sites for hydroxylation is 1. The topological polar surface area (TPSA) is 96.7 Å². The zero-order valence-electron chi connectivity index (χ0n) is 28.9. The number of ether oxygens (including phenoxy) is 3. The molecule has 1 aromatic carbocycles. The van der Waals surface area contributed by atoms with Crippen LogP contribution in [0.5, 0.6) is 0 Å². The van der Waals surface area contributed by atoms with E-state index in [4.69, 9.17) is 33.6 Å². The number of fused-ring (bicyclic) bond motifs is 1. The summed E-state index contributed by atoms with van der Waals surface area (Å²) in [6.07, 6.45) is 2.42. The smallest absolute Gasteiger partial charge is 0.467 e. The highest BCUT2D eigenvalue weighted by molar-refractivity contribution is 6.62. The quantitative estimate of drug-likeness (QED) is 0.155. The molecule has 5 rings (SSSR count). The second-order valence-corrected chi connectivity index (χ2v) is 14.1. The van der Waals surface area contributed by atoms with Crippen LogP contribution < -0.4 is 10.4 Å². The van der Waals surface area contributed by atoms with Crippen molar-refractivity contribution in [2.45, 2.75) is 91.1 Å². The average molecular weight is 633 g/mol. The number of esters is 1. The number of nitrogens with zero attached hydrogens (tertiary/aromatic N) is 4. The first-order chi connectivity index (χ1) is 21.7. The second-order valence-electron chi connectivity index (χ2n) is 14.1. The van der Waals surface area contributed by atoms with Gasteiger partial charge in [-0.15, -0.1) is 6.58 Å². The number of benzene rings is 1. The van der Waals surface area contributed by atoms with Gasteiger partial charge in [-0.05, 0) is 65.8 Å². The SMILES string of the molecule is C=CCOC1(C)CCN(c2c(C(OCC(C)C)C(=O)OC)c(C)nc3cc(-c4cccc(B5OC(C)(C)C(C)(C)O5)c4)nn23)CC1. The molecule has 0 N–H and O–H groups in total. The molecule has 11 heteroatoms. The molecule has 248 valence electrons. The minimum absolute atomic E-state index is 0.220. The fourth-order valence-corrected chi connectivity index (χ4v) is 5.95. The summed E-state index contributed by atoms with van der Waals surface area (Å²) < 4.78 is 32.2. The van der Waals surface area contributed by atoms with Crippen LogP contribution in [0.15, 0.2) is 43.0 Å². The highest BCUT2D eigenvalue weighted by Crippen LogP contribution is 2.39. The van der Waals surface area contributed by atoms with Gasteiger partial charge in [-0.2, -0.15) is 9.61 Å². The predicted molar refractivity (Wildman–Crippen MR) is 180 cm³/mol. The van der Waals surface area contributed by atoms with Gasteiger partial charge in [0.05, 0.1) is 48.4 Å². The van der Waals surface area contributed by atoms with E-state index in [9.17, 15) is 4.79 Å². The van der Waals surface area contributed by atoms with E-state index in [1.165, 1.54) is 7.11 Å². The third-order valence-corrected chi connectivity index (χ3v) is 9.46. The lowest BCUT2D eigenvalue weighted by Gasteiger charge is -2.41. The number of hydrogen-bond donors (Lipinski definition) is 0. The molecule has 2 saturated heterocycles. The lowest BCUT2D eigenvalue weighted by Crippen LogP contribution is -2.45. The van der Waals surface area contributed by atoms with Crippen molar-refractivity contribution in [2.75, 3.05) is 38.3 Å². The van der Waals surface area contributed by atoms with Crippen molar-refractivity contribution in [3.8, 4) is 11.3 Å². The number of hydrogen-bond acceptors (Lipinski definition) is 9. The van der Waals surface area contributed by atoms with Gasteiger partial charge in [-0.3, -0.25) is 0 Å². The molecule has 0 amide bonds. The standard InChI is InChI=1S/C35H49BN4O6/c1-11-19-44-35(9)15-17-39(18-16-35)31-29(30(32(41)42-10)43-22-23(2)3)24(4)37-28-21-27(38-40(28)31)25-13-12-14-26(20-25)36-45-33(5,6)34(7,8)46-36/h11-14,20-21,23,30H,1,15-19,22H2,2-10H3. The Balaban J connectivity index is 1.60. The zero-order chi connectivity index (χ0) is 33.4. The number of anilines is 1. The van der Waals surface area contributed by atoms with Crippen LogP contribution in [0, 0.1) is 12.8 Å². The molecule has 0 bridgehead atoms. The van der Waals surface area contributed by atoms with Gasteiger partial charge in [0.25, 0.3) is 0 Å². The van der Waals surface area contributed by atoms with E-state index in [0.29, 0.717) is 43.2 Å². The summed E-state index contributed by atoms with van der Waals surface area (Å²) >= 11 is 0. The largest absolute Gasteiger partial charge is 0.494 e. The summed E-state index contributed by atoms with van der Waals surface area (Å²) in [6.45, 7) is 22.5. The van der Waals surface area contributed by atoms with Crippen LogP contribution in [0.4, 0.5) is 5.82 Å². The van der Waals surface area contributed by atoms with E-state index in [1.54, 1.807) is 6.08 Å². The van der Waals surface area contributed by atoms with E-state index in [-0.39, 0.29) is 11.5 Å². The van der Waals surface area contributed by atoms with Gasteiger partial charge in [0.1, 0.15) is 5.82 Å². The van der Waals surface area contributed by atoms with Gasteiger partial charge < -0.3 is 28.4 Å². The van der Waals surface area contributed by atoms with Crippen molar-refractivity contribution < 1.29 is 28.3 Å². The van der Waals surface area contributed by atoms with Crippen LogP contribution in [0.3, 0.4) is 0 Å². The van der Waals surface area contributed by atoms with Crippen LogP contribution in [0.1, 0.15) is 78.7 Å². The number of carbonyl (C=O) groups excluding carboxylic acids is 1. The fourth-order valence-electron chi connectivity index (χ4n) is 5.95. The van der Waals surface area contributed by atoms with Gasteiger partial charge in [0.2, 0.25) is 0 Å². The molecule has 0 radical (unpaired) electrons. The maximum absolute atomic E-state index is 13.3. The normalized spacial score (nSPS) is 19.5. The molecule has 2 aromatic heterocycles. The summed E-state index contributed by atoms with van der Waals surface area (Å²) in [5.74, 6) is 0.531. The summed E-state index contributed by atoms with van der Waals surface area (Å²) in [5, 5.41) is 5.11. The molecule has 4 heterocycles. The number of carbonyl (C=O) groups is 1. The predicted octanol–water partition coefficient (Wildman–Crippen LogP) is 5.45. The Morgan fingerprint density at radius 1 is 1.11 bits per heavy atom. The van der Waals surface area contributed by atoms with E-state index >= 15 is 0 Å². The highest BCUT2D eigenvalue weighted by Gasteiger charge is 2.51. The minimum atomic E-state index is -0.955. The molecule has 0 aliphatic carbocycles. The van der Waals surface area contributed by atoms with E-state index < -0.39 is 30.4 Å². The number of rotatable bonds is 11. The van der Waals surface area contributed by atoms with Crippen LogP contribution in [0.25, 0.3) is 16.9 Å². The van der Waals surface area contributed by atoms with Gasteiger partial charge in [0, 0.05) is 30.4 Å². The minimum Gasteiger partial charge on any atom is -0.467 e. The van der Waals surface area contributed by atoms with E-state index in [2.05, 4.69) is 38.3 Å². The zero-order valence-corrected chi connectivity index (χ0v) is 28.9. The number of methoxy groups -OCH3 is 1. The van der Waals surface area contributed by atoms with Gasteiger partial charge >= 0.3 is 13.1 Å². The summed E-state index contributed by atoms with van der Waals surface area (Å²) in [5.41, 5.74) is 3.44. The van der Waals surface area contributed by atoms with Crippen molar-refractivity contribution in [1.29, 1.82) is 0 Å². The molecular formula is C35H49BN4O6. The van der Waals surface area contributed by atoms with E-state index in [1.807, 2.05) is 63.4 Å². The molecule has 1 unspecified atom stereocenters. The van der Waals surface area contributed by atoms with Crippen molar-refractivity contribution in [1.82, 2.24) is 14.6 Å². The monoisotopic (exact) mass is 632 g/mol. The molecular weight excluding hydrogens is 583 g/mol. The summed E-state index contributed by atoms with van der Waals surface area (Å²) in [7, 11) is 0.895. The number of aromatic nitrogens is 3. The third kappa shape index (κ3) is 6.74. The Labute approximate surface area is 273 Å². The first-order valence-corrected chi connectivity index (χ1v) is 16.2. The Hall–Kier alpha value is -3.25. The van der Waals surface area contributed by atoms with E-state index in [0.717, 1.165) is 35.4 Å². The highest BCUT2D eigenvalue weighted by atomic mass is 16.7. The Bertz CT molecular complexity index is 1560. The number of piperidine rings is 1. The third-order valence-electron chi connectivity index (χ3n) is 9.46. The van der Waals surface area contributed by atoms with Crippen LogP contribution in [0.2, 0.25) is 0 Å². The fraction of sp³-hybridized carbons (Fsp3) is 0.571. The van der Waals surface area contributed by atoms with Crippen molar-refractivity contribution in [2.24, 2.45) is 5.92 Å². The first kappa shape index (κ1) is 34.1. The average Bonchev–Trinajstić information content (AvgIpc) is 3.52. The van der Waals surface area contributed by atoms with Gasteiger partial charge in [-0.25, -0.2) is 9.78 Å². The summed E-state index contributed by atoms with van der Waals surface area (Å²) in [6, 6.07) is 10.1. The van der Waals surface area contributed by atoms with Gasteiger partial charge in [0.15, 0.2) is 11.8 Å². The maximum Gasteiger partial charge on any atom is 0.494 e. The molecule has 3 aromatic rings. The first-order valence-electron chi connectivity index (χ1n) is 16.2. The second kappa shape index (κ2) is 13.1. The Morgan fingerprint density at radius 3 is 2.39 bits per heavy atom. The lowest BCUT2D eigenvalue weighted by atomic mass is 9.78. The maximum atomic E-state index is 13.3. The summed E-state index contributed by atoms with van der Waals surface area (Å²) in [4.78, 5) is 20.5. The lowest BCUT2D eigenvalue weighted by molar-refractivity contribution is -0.155. The Kier molecular flexibility index (Phi) is 9.71. The molecule has 10 nitrogen and oxygen atoms in total. The molecule has 0 spiro atoms. The van der Waals surface area contributed by atoms with Crippen molar-refractivity contribution in [3.63, 3.8) is 0 Å². The van der Waals surface area contributed by atoms with Crippen LogP contribution in [-0.4, -0.2) is 77.9 Å². The van der Waals surface area contributed by atoms with Crippen molar-refractivity contribution >= 4 is 30.0 Å².